The zero-order valence-corrected chi connectivity index (χ0v) is 13.3. The zero-order chi connectivity index (χ0) is 14.1. The highest BCUT2D eigenvalue weighted by Crippen LogP contribution is 2.41. The summed E-state index contributed by atoms with van der Waals surface area (Å²) in [5, 5.41) is 13.3. The molecule has 110 valence electrons. The number of aromatic nitrogens is 2. The second-order valence-corrected chi connectivity index (χ2v) is 6.55. The molecule has 2 N–H and O–H groups in total. The predicted molar refractivity (Wildman–Crippen MR) is 82.9 cm³/mol. The normalized spacial score (nSPS) is 28.8. The van der Waals surface area contributed by atoms with Crippen LogP contribution < -0.4 is 10.2 Å². The summed E-state index contributed by atoms with van der Waals surface area (Å²) in [4.78, 5) is 11.0. The van der Waals surface area contributed by atoms with Crippen molar-refractivity contribution < 1.29 is 5.11 Å². The summed E-state index contributed by atoms with van der Waals surface area (Å²) in [6, 6.07) is 0. The van der Waals surface area contributed by atoms with Crippen LogP contribution in [0.2, 0.25) is 0 Å². The summed E-state index contributed by atoms with van der Waals surface area (Å²) >= 11 is 3.62. The summed E-state index contributed by atoms with van der Waals surface area (Å²) in [5.74, 6) is 2.82. The number of anilines is 2. The van der Waals surface area contributed by atoms with E-state index in [1.54, 1.807) is 6.33 Å². The van der Waals surface area contributed by atoms with Gasteiger partial charge < -0.3 is 15.3 Å². The van der Waals surface area contributed by atoms with Crippen LogP contribution >= 0.6 is 15.9 Å². The molecule has 1 saturated carbocycles. The Balaban J connectivity index is 1.78. The second-order valence-electron chi connectivity index (χ2n) is 5.76. The number of nitrogens with one attached hydrogen (secondary N) is 1. The van der Waals surface area contributed by atoms with Gasteiger partial charge in [0.1, 0.15) is 22.4 Å². The van der Waals surface area contributed by atoms with Crippen molar-refractivity contribution in [2.75, 3.05) is 29.9 Å². The van der Waals surface area contributed by atoms with Gasteiger partial charge in [-0.15, -0.1) is 0 Å². The minimum atomic E-state index is -0.136. The molecule has 1 aromatic heterocycles. The van der Waals surface area contributed by atoms with Gasteiger partial charge in [-0.1, -0.05) is 6.92 Å². The lowest BCUT2D eigenvalue weighted by Crippen LogP contribution is -2.25. The van der Waals surface area contributed by atoms with Crippen molar-refractivity contribution in [2.45, 2.75) is 32.3 Å². The van der Waals surface area contributed by atoms with Crippen LogP contribution in [-0.2, 0) is 0 Å². The Hall–Kier alpha value is -0.880. The van der Waals surface area contributed by atoms with Gasteiger partial charge in [0, 0.05) is 25.6 Å². The maximum Gasteiger partial charge on any atom is 0.148 e. The number of nitrogens with zero attached hydrogens (tertiary/aromatic N) is 3. The molecule has 2 heterocycles. The largest absolute Gasteiger partial charge is 0.393 e. The molecular formula is C14H21BrN4O. The lowest BCUT2D eigenvalue weighted by molar-refractivity contribution is 0.133. The van der Waals surface area contributed by atoms with E-state index in [-0.39, 0.29) is 6.10 Å². The monoisotopic (exact) mass is 340 g/mol. The Labute approximate surface area is 127 Å². The summed E-state index contributed by atoms with van der Waals surface area (Å²) in [6.45, 7) is 4.92. The summed E-state index contributed by atoms with van der Waals surface area (Å²) in [5.41, 5.74) is 0. The fourth-order valence-electron chi connectivity index (χ4n) is 3.36. The number of fused-ring (bicyclic) bond motifs is 1. The third kappa shape index (κ3) is 2.51. The lowest BCUT2D eigenvalue weighted by Gasteiger charge is -2.21. The Morgan fingerprint density at radius 1 is 1.40 bits per heavy atom. The molecule has 1 aromatic rings. The van der Waals surface area contributed by atoms with Crippen molar-refractivity contribution >= 4 is 27.6 Å². The van der Waals surface area contributed by atoms with Crippen LogP contribution in [0.15, 0.2) is 10.8 Å². The SMILES string of the molecule is CCCNc1ncnc(N2CC3CCC(O)C3C2)c1Br. The Kier molecular flexibility index (Phi) is 4.12. The lowest BCUT2D eigenvalue weighted by atomic mass is 10.00. The van der Waals surface area contributed by atoms with Gasteiger partial charge in [-0.2, -0.15) is 0 Å². The number of hydrogen-bond acceptors (Lipinski definition) is 5. The second kappa shape index (κ2) is 5.85. The van der Waals surface area contributed by atoms with Crippen molar-refractivity contribution in [3.8, 4) is 0 Å². The third-order valence-corrected chi connectivity index (χ3v) is 5.16. The van der Waals surface area contributed by atoms with Crippen molar-refractivity contribution in [2.24, 2.45) is 11.8 Å². The molecule has 0 bridgehead atoms. The molecule has 3 rings (SSSR count). The third-order valence-electron chi connectivity index (χ3n) is 4.43. The Morgan fingerprint density at radius 2 is 2.25 bits per heavy atom. The number of aliphatic hydroxyl groups is 1. The average Bonchev–Trinajstić information content (AvgIpc) is 3.00. The molecule has 0 spiro atoms. The van der Waals surface area contributed by atoms with Gasteiger partial charge >= 0.3 is 0 Å². The minimum absolute atomic E-state index is 0.136. The van der Waals surface area contributed by atoms with Crippen LogP contribution in [0, 0.1) is 11.8 Å². The van der Waals surface area contributed by atoms with Gasteiger partial charge in [0.05, 0.1) is 6.10 Å². The minimum Gasteiger partial charge on any atom is -0.393 e. The molecule has 1 aliphatic carbocycles. The van der Waals surface area contributed by atoms with Crippen LogP contribution in [0.4, 0.5) is 11.6 Å². The molecular weight excluding hydrogens is 320 g/mol. The van der Waals surface area contributed by atoms with E-state index in [0.29, 0.717) is 11.8 Å². The van der Waals surface area contributed by atoms with Gasteiger partial charge in [0.15, 0.2) is 0 Å². The molecule has 3 unspecified atom stereocenters. The van der Waals surface area contributed by atoms with E-state index >= 15 is 0 Å². The molecule has 6 heteroatoms. The molecule has 20 heavy (non-hydrogen) atoms. The van der Waals surface area contributed by atoms with Crippen molar-refractivity contribution in [3.63, 3.8) is 0 Å². The van der Waals surface area contributed by atoms with E-state index in [1.807, 2.05) is 0 Å². The molecule has 0 radical (unpaired) electrons. The highest BCUT2D eigenvalue weighted by atomic mass is 79.9. The zero-order valence-electron chi connectivity index (χ0n) is 11.7. The molecule has 1 aliphatic heterocycles. The van der Waals surface area contributed by atoms with E-state index in [1.165, 1.54) is 0 Å². The first-order chi connectivity index (χ1) is 9.70. The van der Waals surface area contributed by atoms with Crippen molar-refractivity contribution in [1.29, 1.82) is 0 Å². The average molecular weight is 341 g/mol. The van der Waals surface area contributed by atoms with Crippen LogP contribution in [0.5, 0.6) is 0 Å². The van der Waals surface area contributed by atoms with E-state index < -0.39 is 0 Å². The first-order valence-electron chi connectivity index (χ1n) is 7.38. The summed E-state index contributed by atoms with van der Waals surface area (Å²) in [7, 11) is 0. The maximum absolute atomic E-state index is 10.0. The van der Waals surface area contributed by atoms with Gasteiger partial charge in [0.25, 0.3) is 0 Å². The maximum atomic E-state index is 10.0. The number of aliphatic hydroxyl groups excluding tert-OH is 1. The number of halogens is 1. The quantitative estimate of drug-likeness (QED) is 0.880. The Morgan fingerprint density at radius 3 is 3.00 bits per heavy atom. The van der Waals surface area contributed by atoms with Gasteiger partial charge in [0.2, 0.25) is 0 Å². The number of hydrogen-bond donors (Lipinski definition) is 2. The number of rotatable bonds is 4. The van der Waals surface area contributed by atoms with Crippen LogP contribution in [0.3, 0.4) is 0 Å². The Bertz CT molecular complexity index is 484. The molecule has 3 atom stereocenters. The smallest absolute Gasteiger partial charge is 0.148 e. The van der Waals surface area contributed by atoms with Crippen LogP contribution in [0.25, 0.3) is 0 Å². The van der Waals surface area contributed by atoms with Gasteiger partial charge in [-0.3, -0.25) is 0 Å². The topological polar surface area (TPSA) is 61.3 Å². The standard InChI is InChI=1S/C14H21BrN4O/c1-2-5-16-13-12(15)14(18-8-17-13)19-6-9-3-4-11(20)10(9)7-19/h8-11,20H,2-7H2,1H3,(H,16,17,18). The van der Waals surface area contributed by atoms with E-state index in [0.717, 1.165) is 55.0 Å². The highest BCUT2D eigenvalue weighted by Gasteiger charge is 2.42. The molecule has 0 amide bonds. The molecule has 0 aromatic carbocycles. The van der Waals surface area contributed by atoms with E-state index in [4.69, 9.17) is 0 Å². The van der Waals surface area contributed by atoms with Crippen LogP contribution in [0.1, 0.15) is 26.2 Å². The predicted octanol–water partition coefficient (Wildman–Crippen LogP) is 2.27. The first kappa shape index (κ1) is 14.1. The van der Waals surface area contributed by atoms with E-state index in [2.05, 4.69) is 43.0 Å². The van der Waals surface area contributed by atoms with E-state index in [9.17, 15) is 5.11 Å². The summed E-state index contributed by atoms with van der Waals surface area (Å²) < 4.78 is 0.933. The summed E-state index contributed by atoms with van der Waals surface area (Å²) in [6.07, 6.45) is 4.63. The van der Waals surface area contributed by atoms with Crippen molar-refractivity contribution in [1.82, 2.24) is 9.97 Å². The van der Waals surface area contributed by atoms with Crippen LogP contribution in [-0.4, -0.2) is 40.8 Å². The fraction of sp³-hybridized carbons (Fsp3) is 0.714. The first-order valence-corrected chi connectivity index (χ1v) is 8.17. The molecule has 2 fully saturated rings. The fourth-order valence-corrected chi connectivity index (χ4v) is 3.95. The molecule has 1 saturated heterocycles. The molecule has 5 nitrogen and oxygen atoms in total. The van der Waals surface area contributed by atoms with Gasteiger partial charge in [-0.25, -0.2) is 9.97 Å². The highest BCUT2D eigenvalue weighted by molar-refractivity contribution is 9.10. The van der Waals surface area contributed by atoms with Crippen molar-refractivity contribution in [3.05, 3.63) is 10.8 Å². The molecule has 2 aliphatic rings. The van der Waals surface area contributed by atoms with Gasteiger partial charge in [-0.05, 0) is 41.1 Å².